The van der Waals surface area contributed by atoms with Crippen LogP contribution in [0, 0.1) is 0 Å². The van der Waals surface area contributed by atoms with E-state index in [-0.39, 0.29) is 30.5 Å². The highest BCUT2D eigenvalue weighted by Crippen LogP contribution is 2.16. The lowest BCUT2D eigenvalue weighted by Crippen LogP contribution is -2.34. The first-order chi connectivity index (χ1) is 13.4. The number of carbonyl (C=O) groups is 3. The average molecular weight is 384 g/mol. The fourth-order valence-corrected chi connectivity index (χ4v) is 2.34. The predicted molar refractivity (Wildman–Crippen MR) is 109 cm³/mol. The zero-order valence-electron chi connectivity index (χ0n) is 16.0. The van der Waals surface area contributed by atoms with Gasteiger partial charge >= 0.3 is 6.03 Å². The Morgan fingerprint density at radius 2 is 1.54 bits per heavy atom. The topological polar surface area (TPSA) is 109 Å². The highest BCUT2D eigenvalue weighted by atomic mass is 16.5. The van der Waals surface area contributed by atoms with Crippen LogP contribution in [0.25, 0.3) is 0 Å². The minimum atomic E-state index is -0.335. The van der Waals surface area contributed by atoms with Crippen molar-refractivity contribution in [3.05, 3.63) is 54.1 Å². The van der Waals surface area contributed by atoms with E-state index in [1.165, 1.54) is 7.11 Å². The molecule has 0 bridgehead atoms. The lowest BCUT2D eigenvalue weighted by molar-refractivity contribution is -0.119. The first kappa shape index (κ1) is 20.9. The summed E-state index contributed by atoms with van der Waals surface area (Å²) < 4.78 is 4.75. The number of hydrogen-bond acceptors (Lipinski definition) is 4. The summed E-state index contributed by atoms with van der Waals surface area (Å²) in [7, 11) is 1.44. The standard InChI is InChI=1S/C20H24N4O4/c1-13(2)21-20(27)24-17-6-4-5-14(11-17)19(26)23-16-9-7-15(8-10-16)22-18(25)12-28-3/h4-11,13H,12H2,1-3H3,(H,22,25)(H,23,26)(H2,21,24,27). The third-order valence-electron chi connectivity index (χ3n) is 3.50. The molecule has 0 unspecified atom stereocenters. The number of amides is 4. The molecule has 0 spiro atoms. The van der Waals surface area contributed by atoms with Gasteiger partial charge in [0, 0.05) is 35.8 Å². The molecule has 0 saturated heterocycles. The van der Waals surface area contributed by atoms with E-state index in [0.29, 0.717) is 22.6 Å². The molecule has 0 radical (unpaired) electrons. The molecule has 0 heterocycles. The fraction of sp³-hybridized carbons (Fsp3) is 0.250. The number of nitrogens with one attached hydrogen (secondary N) is 4. The van der Waals surface area contributed by atoms with E-state index in [9.17, 15) is 14.4 Å². The van der Waals surface area contributed by atoms with Crippen LogP contribution in [0.5, 0.6) is 0 Å². The second-order valence-corrected chi connectivity index (χ2v) is 6.35. The monoisotopic (exact) mass is 384 g/mol. The summed E-state index contributed by atoms with van der Waals surface area (Å²) in [5.41, 5.74) is 2.09. The van der Waals surface area contributed by atoms with Gasteiger partial charge < -0.3 is 26.0 Å². The number of rotatable bonds is 7. The molecule has 4 amide bonds. The average Bonchev–Trinajstić information content (AvgIpc) is 2.63. The Hall–Kier alpha value is -3.39. The van der Waals surface area contributed by atoms with Crippen molar-refractivity contribution in [1.29, 1.82) is 0 Å². The second kappa shape index (κ2) is 10.1. The number of hydrogen-bond donors (Lipinski definition) is 4. The predicted octanol–water partition coefficient (Wildman–Crippen LogP) is 3.05. The molecule has 0 atom stereocenters. The van der Waals surface area contributed by atoms with Crippen molar-refractivity contribution in [2.24, 2.45) is 0 Å². The van der Waals surface area contributed by atoms with Gasteiger partial charge in [-0.15, -0.1) is 0 Å². The Labute approximate surface area is 163 Å². The van der Waals surface area contributed by atoms with Gasteiger partial charge in [-0.05, 0) is 56.3 Å². The number of urea groups is 1. The lowest BCUT2D eigenvalue weighted by atomic mass is 10.2. The lowest BCUT2D eigenvalue weighted by Gasteiger charge is -2.11. The molecule has 0 fully saturated rings. The summed E-state index contributed by atoms with van der Waals surface area (Å²) in [5, 5.41) is 10.8. The molecule has 0 aliphatic carbocycles. The van der Waals surface area contributed by atoms with Gasteiger partial charge in [0.15, 0.2) is 0 Å². The van der Waals surface area contributed by atoms with Gasteiger partial charge in [0.05, 0.1) is 0 Å². The fourth-order valence-electron chi connectivity index (χ4n) is 2.34. The van der Waals surface area contributed by atoms with Gasteiger partial charge in [-0.25, -0.2) is 4.79 Å². The molecule has 0 aliphatic heterocycles. The molecule has 2 aromatic rings. The van der Waals surface area contributed by atoms with Crippen molar-refractivity contribution in [2.45, 2.75) is 19.9 Å². The first-order valence-electron chi connectivity index (χ1n) is 8.75. The van der Waals surface area contributed by atoms with E-state index in [2.05, 4.69) is 21.3 Å². The van der Waals surface area contributed by atoms with Crippen LogP contribution in [0.1, 0.15) is 24.2 Å². The van der Waals surface area contributed by atoms with Crippen molar-refractivity contribution in [1.82, 2.24) is 5.32 Å². The van der Waals surface area contributed by atoms with Crippen LogP contribution in [0.15, 0.2) is 48.5 Å². The van der Waals surface area contributed by atoms with E-state index >= 15 is 0 Å². The minimum Gasteiger partial charge on any atom is -0.375 e. The van der Waals surface area contributed by atoms with E-state index in [4.69, 9.17) is 4.74 Å². The Kier molecular flexibility index (Phi) is 7.53. The van der Waals surface area contributed by atoms with Gasteiger partial charge in [0.1, 0.15) is 6.61 Å². The quantitative estimate of drug-likeness (QED) is 0.588. The first-order valence-corrected chi connectivity index (χ1v) is 8.75. The normalized spacial score (nSPS) is 10.3. The number of methoxy groups -OCH3 is 1. The molecule has 4 N–H and O–H groups in total. The summed E-state index contributed by atoms with van der Waals surface area (Å²) >= 11 is 0. The molecule has 8 heteroatoms. The summed E-state index contributed by atoms with van der Waals surface area (Å²) in [6, 6.07) is 13.0. The maximum Gasteiger partial charge on any atom is 0.319 e. The van der Waals surface area contributed by atoms with Crippen LogP contribution in [0.4, 0.5) is 21.9 Å². The molecule has 0 saturated carbocycles. The van der Waals surface area contributed by atoms with Crippen molar-refractivity contribution >= 4 is 34.9 Å². The SMILES string of the molecule is COCC(=O)Nc1ccc(NC(=O)c2cccc(NC(=O)NC(C)C)c2)cc1. The maximum atomic E-state index is 12.5. The van der Waals surface area contributed by atoms with Crippen molar-refractivity contribution < 1.29 is 19.1 Å². The van der Waals surface area contributed by atoms with E-state index in [1.54, 1.807) is 48.5 Å². The Morgan fingerprint density at radius 1 is 0.893 bits per heavy atom. The van der Waals surface area contributed by atoms with Crippen LogP contribution in [-0.2, 0) is 9.53 Å². The highest BCUT2D eigenvalue weighted by Gasteiger charge is 2.09. The molecular formula is C20H24N4O4. The zero-order valence-corrected chi connectivity index (χ0v) is 16.0. The van der Waals surface area contributed by atoms with Crippen molar-refractivity contribution in [2.75, 3.05) is 29.7 Å². The van der Waals surface area contributed by atoms with E-state index in [0.717, 1.165) is 0 Å². The number of ether oxygens (including phenoxy) is 1. The largest absolute Gasteiger partial charge is 0.375 e. The molecular weight excluding hydrogens is 360 g/mol. The van der Waals surface area contributed by atoms with Gasteiger partial charge in [-0.1, -0.05) is 6.07 Å². The van der Waals surface area contributed by atoms with Crippen LogP contribution in [-0.4, -0.2) is 37.6 Å². The van der Waals surface area contributed by atoms with E-state index < -0.39 is 0 Å². The maximum absolute atomic E-state index is 12.5. The summed E-state index contributed by atoms with van der Waals surface area (Å²) in [4.78, 5) is 35.7. The zero-order chi connectivity index (χ0) is 20.5. The smallest absolute Gasteiger partial charge is 0.319 e. The molecule has 0 aliphatic rings. The highest BCUT2D eigenvalue weighted by molar-refractivity contribution is 6.05. The molecule has 2 rings (SSSR count). The second-order valence-electron chi connectivity index (χ2n) is 6.35. The Morgan fingerprint density at radius 3 is 2.14 bits per heavy atom. The molecule has 28 heavy (non-hydrogen) atoms. The number of anilines is 3. The summed E-state index contributed by atoms with van der Waals surface area (Å²) in [6.45, 7) is 3.69. The number of benzene rings is 2. The van der Waals surface area contributed by atoms with Gasteiger partial charge in [-0.2, -0.15) is 0 Å². The van der Waals surface area contributed by atoms with Crippen LogP contribution in [0.3, 0.4) is 0 Å². The Balaban J connectivity index is 1.98. The third kappa shape index (κ3) is 6.73. The van der Waals surface area contributed by atoms with Crippen LogP contribution in [0.2, 0.25) is 0 Å². The van der Waals surface area contributed by atoms with Crippen LogP contribution < -0.4 is 21.3 Å². The molecule has 148 valence electrons. The molecule has 2 aromatic carbocycles. The molecule has 0 aromatic heterocycles. The van der Waals surface area contributed by atoms with Gasteiger partial charge in [0.2, 0.25) is 5.91 Å². The van der Waals surface area contributed by atoms with Crippen molar-refractivity contribution in [3.8, 4) is 0 Å². The van der Waals surface area contributed by atoms with E-state index in [1.807, 2.05) is 13.8 Å². The van der Waals surface area contributed by atoms with Crippen LogP contribution >= 0.6 is 0 Å². The van der Waals surface area contributed by atoms with Gasteiger partial charge in [0.25, 0.3) is 5.91 Å². The third-order valence-corrected chi connectivity index (χ3v) is 3.50. The summed E-state index contributed by atoms with van der Waals surface area (Å²) in [5.74, 6) is -0.575. The minimum absolute atomic E-state index is 0.00809. The number of carbonyl (C=O) groups excluding carboxylic acids is 3. The Bertz CT molecular complexity index is 834. The van der Waals surface area contributed by atoms with Gasteiger partial charge in [-0.3, -0.25) is 9.59 Å². The summed E-state index contributed by atoms with van der Waals surface area (Å²) in [6.07, 6.45) is 0. The van der Waals surface area contributed by atoms with Crippen molar-refractivity contribution in [3.63, 3.8) is 0 Å². The molecule has 8 nitrogen and oxygen atoms in total.